The van der Waals surface area contributed by atoms with Crippen molar-refractivity contribution in [3.8, 4) is 11.5 Å². The first-order valence-electron chi connectivity index (χ1n) is 10.4. The lowest BCUT2D eigenvalue weighted by molar-refractivity contribution is -0.140. The Morgan fingerprint density at radius 3 is 2.24 bits per heavy atom. The summed E-state index contributed by atoms with van der Waals surface area (Å²) in [6, 6.07) is 13.1. The van der Waals surface area contributed by atoms with E-state index in [-0.39, 0.29) is 23.9 Å². The summed E-state index contributed by atoms with van der Waals surface area (Å²) in [7, 11) is 0.482. The predicted octanol–water partition coefficient (Wildman–Crippen LogP) is 2.02. The average Bonchev–Trinajstić information content (AvgIpc) is 2.81. The summed E-state index contributed by atoms with van der Waals surface area (Å²) >= 11 is 0. The smallest absolute Gasteiger partial charge is 0.244 e. The van der Waals surface area contributed by atoms with Gasteiger partial charge in [0.25, 0.3) is 0 Å². The van der Waals surface area contributed by atoms with Crippen LogP contribution in [-0.4, -0.2) is 65.2 Å². The minimum Gasteiger partial charge on any atom is -0.497 e. The summed E-state index contributed by atoms with van der Waals surface area (Å²) in [5.74, 6) is -0.178. The first-order valence-corrected chi connectivity index (χ1v) is 12.3. The maximum Gasteiger partial charge on any atom is 0.244 e. The normalized spacial score (nSPS) is 11.9. The first-order chi connectivity index (χ1) is 15.7. The van der Waals surface area contributed by atoms with E-state index in [4.69, 9.17) is 9.47 Å². The Morgan fingerprint density at radius 1 is 1.06 bits per heavy atom. The van der Waals surface area contributed by atoms with Gasteiger partial charge in [0.05, 0.1) is 26.2 Å². The van der Waals surface area contributed by atoms with Gasteiger partial charge in [-0.3, -0.25) is 13.9 Å². The molecule has 1 N–H and O–H groups in total. The molecule has 0 fully saturated rings. The summed E-state index contributed by atoms with van der Waals surface area (Å²) in [4.78, 5) is 27.5. The molecule has 0 spiro atoms. The largest absolute Gasteiger partial charge is 0.497 e. The zero-order valence-corrected chi connectivity index (χ0v) is 20.4. The molecule has 0 saturated heterocycles. The molecule has 2 aromatic rings. The van der Waals surface area contributed by atoms with Crippen LogP contribution in [0.15, 0.2) is 48.5 Å². The molecule has 10 heteroatoms. The van der Waals surface area contributed by atoms with Crippen molar-refractivity contribution < 1.29 is 27.5 Å². The molecular weight excluding hydrogens is 446 g/mol. The van der Waals surface area contributed by atoms with Gasteiger partial charge < -0.3 is 19.7 Å². The first kappa shape index (κ1) is 26.0. The highest BCUT2D eigenvalue weighted by atomic mass is 32.2. The van der Waals surface area contributed by atoms with E-state index in [0.717, 1.165) is 16.1 Å². The molecule has 1 atom stereocenters. The second-order valence-corrected chi connectivity index (χ2v) is 9.26. The monoisotopic (exact) mass is 477 g/mol. The number of nitrogens with zero attached hydrogens (tertiary/aromatic N) is 2. The number of hydrogen-bond acceptors (Lipinski definition) is 6. The topological polar surface area (TPSA) is 105 Å². The predicted molar refractivity (Wildman–Crippen MR) is 127 cm³/mol. The number of rotatable bonds is 11. The molecule has 0 radical (unpaired) electrons. The molecule has 180 valence electrons. The van der Waals surface area contributed by atoms with Gasteiger partial charge in [-0.1, -0.05) is 37.3 Å². The van der Waals surface area contributed by atoms with Crippen molar-refractivity contribution in [2.75, 3.05) is 38.4 Å². The van der Waals surface area contributed by atoms with E-state index in [0.29, 0.717) is 12.2 Å². The maximum absolute atomic E-state index is 13.5. The van der Waals surface area contributed by atoms with Crippen molar-refractivity contribution in [2.24, 2.45) is 0 Å². The molecular formula is C23H31N3O6S. The summed E-state index contributed by atoms with van der Waals surface area (Å²) in [6.45, 7) is 1.44. The number of likely N-dealkylation sites (N-methyl/N-ethyl adjacent to an activating group) is 1. The lowest BCUT2D eigenvalue weighted by Gasteiger charge is -2.32. The van der Waals surface area contributed by atoms with Gasteiger partial charge in [0.1, 0.15) is 24.1 Å². The van der Waals surface area contributed by atoms with Crippen LogP contribution in [0.2, 0.25) is 0 Å². The van der Waals surface area contributed by atoms with Crippen LogP contribution in [0.25, 0.3) is 0 Å². The van der Waals surface area contributed by atoms with E-state index in [2.05, 4.69) is 5.32 Å². The Kier molecular flexibility index (Phi) is 9.10. The van der Waals surface area contributed by atoms with Crippen LogP contribution in [0.5, 0.6) is 11.5 Å². The SMILES string of the molecule is CC[C@H](C(=O)NC)N(Cc1ccccc1)C(=O)CN(c1cc(OC)ccc1OC)S(C)(=O)=O. The number of benzene rings is 2. The van der Waals surface area contributed by atoms with E-state index < -0.39 is 28.5 Å². The maximum atomic E-state index is 13.5. The summed E-state index contributed by atoms with van der Waals surface area (Å²) in [5, 5.41) is 2.58. The second-order valence-electron chi connectivity index (χ2n) is 7.35. The van der Waals surface area contributed by atoms with Gasteiger partial charge in [0.2, 0.25) is 21.8 Å². The Balaban J connectivity index is 2.50. The molecule has 9 nitrogen and oxygen atoms in total. The van der Waals surface area contributed by atoms with Gasteiger partial charge in [-0.25, -0.2) is 8.42 Å². The van der Waals surface area contributed by atoms with Crippen molar-refractivity contribution in [3.63, 3.8) is 0 Å². The van der Waals surface area contributed by atoms with Crippen LogP contribution in [0.3, 0.4) is 0 Å². The molecule has 0 bridgehead atoms. The third kappa shape index (κ3) is 6.61. The fourth-order valence-electron chi connectivity index (χ4n) is 3.45. The Labute approximate surface area is 195 Å². The number of ether oxygens (including phenoxy) is 2. The molecule has 0 unspecified atom stereocenters. The molecule has 0 aliphatic rings. The molecule has 0 aliphatic carbocycles. The van der Waals surface area contributed by atoms with Gasteiger partial charge in [-0.05, 0) is 24.1 Å². The average molecular weight is 478 g/mol. The van der Waals surface area contributed by atoms with Gasteiger partial charge in [0, 0.05) is 19.7 Å². The standard InChI is InChI=1S/C23H31N3O6S/c1-6-19(23(28)24-2)25(15-17-10-8-7-9-11-17)22(27)16-26(33(5,29)30)20-14-18(31-3)12-13-21(20)32-4/h7-14,19H,6,15-16H2,1-5H3,(H,24,28)/t19-/m1/s1. The highest BCUT2D eigenvalue weighted by Crippen LogP contribution is 2.34. The lowest BCUT2D eigenvalue weighted by atomic mass is 10.1. The quantitative estimate of drug-likeness (QED) is 0.531. The van der Waals surface area contributed by atoms with E-state index in [1.165, 1.54) is 32.2 Å². The van der Waals surface area contributed by atoms with Crippen LogP contribution < -0.4 is 19.1 Å². The van der Waals surface area contributed by atoms with Gasteiger partial charge in [-0.2, -0.15) is 0 Å². The lowest BCUT2D eigenvalue weighted by Crippen LogP contribution is -2.51. The van der Waals surface area contributed by atoms with Crippen molar-refractivity contribution >= 4 is 27.5 Å². The number of methoxy groups -OCH3 is 2. The Bertz CT molecular complexity index is 1060. The third-order valence-corrected chi connectivity index (χ3v) is 6.29. The Morgan fingerprint density at radius 2 is 1.73 bits per heavy atom. The molecule has 0 aromatic heterocycles. The minimum absolute atomic E-state index is 0.151. The fraction of sp³-hybridized carbons (Fsp3) is 0.391. The summed E-state index contributed by atoms with van der Waals surface area (Å²) in [5.41, 5.74) is 0.985. The highest BCUT2D eigenvalue weighted by molar-refractivity contribution is 7.92. The van der Waals surface area contributed by atoms with Crippen molar-refractivity contribution in [1.82, 2.24) is 10.2 Å². The van der Waals surface area contributed by atoms with E-state index >= 15 is 0 Å². The number of amides is 2. The van der Waals surface area contributed by atoms with Gasteiger partial charge in [-0.15, -0.1) is 0 Å². The fourth-order valence-corrected chi connectivity index (χ4v) is 4.30. The number of sulfonamides is 1. The molecule has 0 heterocycles. The molecule has 2 aromatic carbocycles. The minimum atomic E-state index is -3.89. The number of carbonyl (C=O) groups excluding carboxylic acids is 2. The van der Waals surface area contributed by atoms with Crippen molar-refractivity contribution in [3.05, 3.63) is 54.1 Å². The van der Waals surface area contributed by atoms with Crippen molar-refractivity contribution in [1.29, 1.82) is 0 Å². The zero-order valence-electron chi connectivity index (χ0n) is 19.6. The molecule has 2 rings (SSSR count). The number of hydrogen-bond donors (Lipinski definition) is 1. The van der Waals surface area contributed by atoms with Crippen LogP contribution in [0.1, 0.15) is 18.9 Å². The summed E-state index contributed by atoms with van der Waals surface area (Å²) < 4.78 is 37.0. The Hall–Kier alpha value is -3.27. The van der Waals surface area contributed by atoms with Crippen LogP contribution in [0, 0.1) is 0 Å². The molecule has 2 amide bonds. The number of nitrogens with one attached hydrogen (secondary N) is 1. The number of carbonyl (C=O) groups is 2. The van der Waals surface area contributed by atoms with Crippen LogP contribution in [0.4, 0.5) is 5.69 Å². The number of anilines is 1. The van der Waals surface area contributed by atoms with Crippen LogP contribution >= 0.6 is 0 Å². The van der Waals surface area contributed by atoms with Gasteiger partial charge >= 0.3 is 0 Å². The second kappa shape index (κ2) is 11.6. The summed E-state index contributed by atoms with van der Waals surface area (Å²) in [6.07, 6.45) is 1.37. The third-order valence-electron chi connectivity index (χ3n) is 5.16. The van der Waals surface area contributed by atoms with E-state index in [1.807, 2.05) is 30.3 Å². The molecule has 0 aliphatic heterocycles. The van der Waals surface area contributed by atoms with Gasteiger partial charge in [0.15, 0.2) is 0 Å². The van der Waals surface area contributed by atoms with E-state index in [1.54, 1.807) is 19.1 Å². The molecule has 0 saturated carbocycles. The van der Waals surface area contributed by atoms with E-state index in [9.17, 15) is 18.0 Å². The zero-order chi connectivity index (χ0) is 24.6. The van der Waals surface area contributed by atoms with Crippen LogP contribution in [-0.2, 0) is 26.2 Å². The van der Waals surface area contributed by atoms with Crippen molar-refractivity contribution in [2.45, 2.75) is 25.9 Å². The highest BCUT2D eigenvalue weighted by Gasteiger charge is 2.32. The molecule has 33 heavy (non-hydrogen) atoms.